The highest BCUT2D eigenvalue weighted by molar-refractivity contribution is 7.88. The molecular weight excluding hydrogens is 320 g/mol. The Balaban J connectivity index is 2.73. The summed E-state index contributed by atoms with van der Waals surface area (Å²) in [5, 5.41) is 2.60. The molecule has 8 heteroatoms. The number of amides is 1. The number of hydrogen-bond donors (Lipinski definition) is 1. The van der Waals surface area contributed by atoms with Gasteiger partial charge in [0.05, 0.1) is 25.5 Å². The third kappa shape index (κ3) is 6.37. The SMILES string of the molecule is COC(=O)c1ccc(NC(=O)CN(CC(C)C)S(C)(=O)=O)cc1. The van der Waals surface area contributed by atoms with E-state index in [1.54, 1.807) is 12.1 Å². The van der Waals surface area contributed by atoms with Crippen LogP contribution in [0.5, 0.6) is 0 Å². The summed E-state index contributed by atoms with van der Waals surface area (Å²) in [4.78, 5) is 23.3. The summed E-state index contributed by atoms with van der Waals surface area (Å²) in [6.45, 7) is 3.77. The Morgan fingerprint density at radius 1 is 1.22 bits per heavy atom. The molecule has 0 aliphatic carbocycles. The molecule has 0 saturated carbocycles. The number of carbonyl (C=O) groups is 2. The fourth-order valence-electron chi connectivity index (χ4n) is 1.89. The predicted octanol–water partition coefficient (Wildman–Crippen LogP) is 1.33. The van der Waals surface area contributed by atoms with Gasteiger partial charge in [0.15, 0.2) is 0 Å². The molecule has 1 N–H and O–H groups in total. The monoisotopic (exact) mass is 342 g/mol. The Morgan fingerprint density at radius 2 is 1.78 bits per heavy atom. The van der Waals surface area contributed by atoms with Crippen LogP contribution >= 0.6 is 0 Å². The molecule has 7 nitrogen and oxygen atoms in total. The second-order valence-electron chi connectivity index (χ2n) is 5.57. The molecule has 0 fully saturated rings. The van der Waals surface area contributed by atoms with E-state index >= 15 is 0 Å². The number of hydrogen-bond acceptors (Lipinski definition) is 5. The second kappa shape index (κ2) is 8.07. The van der Waals surface area contributed by atoms with E-state index in [4.69, 9.17) is 0 Å². The molecule has 1 aromatic carbocycles. The van der Waals surface area contributed by atoms with Crippen LogP contribution in [-0.4, -0.2) is 51.1 Å². The summed E-state index contributed by atoms with van der Waals surface area (Å²) < 4.78 is 29.1. The molecular formula is C15H22N2O5S. The van der Waals surface area contributed by atoms with E-state index in [0.717, 1.165) is 10.6 Å². The number of esters is 1. The number of nitrogens with one attached hydrogen (secondary N) is 1. The fourth-order valence-corrected chi connectivity index (χ4v) is 2.81. The van der Waals surface area contributed by atoms with Crippen molar-refractivity contribution in [1.82, 2.24) is 4.31 Å². The van der Waals surface area contributed by atoms with E-state index < -0.39 is 21.9 Å². The molecule has 1 amide bonds. The first-order valence-electron chi connectivity index (χ1n) is 7.07. The lowest BCUT2D eigenvalue weighted by Gasteiger charge is -2.21. The van der Waals surface area contributed by atoms with E-state index in [0.29, 0.717) is 11.3 Å². The van der Waals surface area contributed by atoms with Crippen molar-refractivity contribution < 1.29 is 22.7 Å². The molecule has 0 bridgehead atoms. The highest BCUT2D eigenvalue weighted by Gasteiger charge is 2.21. The summed E-state index contributed by atoms with van der Waals surface area (Å²) >= 11 is 0. The topological polar surface area (TPSA) is 92.8 Å². The number of nitrogens with zero attached hydrogens (tertiary/aromatic N) is 1. The summed E-state index contributed by atoms with van der Waals surface area (Å²) in [7, 11) is -2.17. The number of rotatable bonds is 7. The number of ether oxygens (including phenoxy) is 1. The molecule has 128 valence electrons. The largest absolute Gasteiger partial charge is 0.465 e. The van der Waals surface area contributed by atoms with Crippen molar-refractivity contribution in [3.05, 3.63) is 29.8 Å². The molecule has 0 aromatic heterocycles. The van der Waals surface area contributed by atoms with E-state index in [1.165, 1.54) is 19.2 Å². The molecule has 23 heavy (non-hydrogen) atoms. The first-order chi connectivity index (χ1) is 10.6. The van der Waals surface area contributed by atoms with E-state index in [1.807, 2.05) is 13.8 Å². The van der Waals surface area contributed by atoms with Gasteiger partial charge in [-0.05, 0) is 30.2 Å². The predicted molar refractivity (Wildman–Crippen MR) is 87.7 cm³/mol. The minimum Gasteiger partial charge on any atom is -0.465 e. The summed E-state index contributed by atoms with van der Waals surface area (Å²) in [5.74, 6) is -0.804. The minimum absolute atomic E-state index is 0.108. The molecule has 0 aliphatic rings. The molecule has 1 rings (SSSR count). The lowest BCUT2D eigenvalue weighted by Crippen LogP contribution is -2.39. The van der Waals surface area contributed by atoms with Crippen LogP contribution in [0, 0.1) is 5.92 Å². The maximum atomic E-state index is 12.0. The van der Waals surface area contributed by atoms with Crippen molar-refractivity contribution >= 4 is 27.6 Å². The standard InChI is InChI=1S/C15H22N2O5S/c1-11(2)9-17(23(4,20)21)10-14(18)16-13-7-5-12(6-8-13)15(19)22-3/h5-8,11H,9-10H2,1-4H3,(H,16,18). The highest BCUT2D eigenvalue weighted by atomic mass is 32.2. The van der Waals surface area contributed by atoms with Crippen LogP contribution in [0.25, 0.3) is 0 Å². The van der Waals surface area contributed by atoms with Gasteiger partial charge in [-0.3, -0.25) is 4.79 Å². The second-order valence-corrected chi connectivity index (χ2v) is 7.55. The molecule has 0 saturated heterocycles. The van der Waals surface area contributed by atoms with Crippen molar-refractivity contribution in [3.8, 4) is 0 Å². The molecule has 0 aliphatic heterocycles. The van der Waals surface area contributed by atoms with Gasteiger partial charge in [-0.25, -0.2) is 13.2 Å². The van der Waals surface area contributed by atoms with Crippen LogP contribution in [0.3, 0.4) is 0 Å². The Morgan fingerprint density at radius 3 is 2.22 bits per heavy atom. The molecule has 0 unspecified atom stereocenters. The van der Waals surface area contributed by atoms with E-state index in [-0.39, 0.29) is 19.0 Å². The number of anilines is 1. The van der Waals surface area contributed by atoms with Gasteiger partial charge in [0.2, 0.25) is 15.9 Å². The zero-order valence-electron chi connectivity index (χ0n) is 13.7. The van der Waals surface area contributed by atoms with Crippen LogP contribution in [0.4, 0.5) is 5.69 Å². The van der Waals surface area contributed by atoms with Crippen LogP contribution < -0.4 is 5.32 Å². The van der Waals surface area contributed by atoms with Gasteiger partial charge in [-0.2, -0.15) is 4.31 Å². The van der Waals surface area contributed by atoms with Crippen LogP contribution in [-0.2, 0) is 19.6 Å². The van der Waals surface area contributed by atoms with Crippen LogP contribution in [0.1, 0.15) is 24.2 Å². The fraction of sp³-hybridized carbons (Fsp3) is 0.467. The van der Waals surface area contributed by atoms with Crippen molar-refractivity contribution in [3.63, 3.8) is 0 Å². The van der Waals surface area contributed by atoms with Crippen LogP contribution in [0.2, 0.25) is 0 Å². The van der Waals surface area contributed by atoms with Gasteiger partial charge in [-0.1, -0.05) is 13.8 Å². The smallest absolute Gasteiger partial charge is 0.337 e. The van der Waals surface area contributed by atoms with E-state index in [9.17, 15) is 18.0 Å². The highest BCUT2D eigenvalue weighted by Crippen LogP contribution is 2.11. The normalized spacial score (nSPS) is 11.6. The average Bonchev–Trinajstić information content (AvgIpc) is 2.45. The Labute approximate surface area is 136 Å². The first kappa shape index (κ1) is 19.1. The van der Waals surface area contributed by atoms with Crippen molar-refractivity contribution in [2.75, 3.05) is 31.8 Å². The summed E-state index contributed by atoms with van der Waals surface area (Å²) in [6, 6.07) is 6.14. The number of carbonyl (C=O) groups excluding carboxylic acids is 2. The third-order valence-electron chi connectivity index (χ3n) is 2.95. The minimum atomic E-state index is -3.46. The Kier molecular flexibility index (Phi) is 6.71. The molecule has 0 spiro atoms. The number of sulfonamides is 1. The van der Waals surface area contributed by atoms with E-state index in [2.05, 4.69) is 10.1 Å². The van der Waals surface area contributed by atoms with Gasteiger partial charge in [0.25, 0.3) is 0 Å². The molecule has 0 atom stereocenters. The zero-order chi connectivity index (χ0) is 17.6. The summed E-state index contributed by atoms with van der Waals surface area (Å²) in [5.41, 5.74) is 0.837. The van der Waals surface area contributed by atoms with Crippen molar-refractivity contribution in [2.24, 2.45) is 5.92 Å². The van der Waals surface area contributed by atoms with Gasteiger partial charge in [0, 0.05) is 12.2 Å². The number of methoxy groups -OCH3 is 1. The van der Waals surface area contributed by atoms with Gasteiger partial charge >= 0.3 is 5.97 Å². The van der Waals surface area contributed by atoms with Gasteiger partial charge in [-0.15, -0.1) is 0 Å². The maximum absolute atomic E-state index is 12.0. The van der Waals surface area contributed by atoms with Crippen LogP contribution in [0.15, 0.2) is 24.3 Å². The van der Waals surface area contributed by atoms with Crippen molar-refractivity contribution in [1.29, 1.82) is 0 Å². The maximum Gasteiger partial charge on any atom is 0.337 e. The average molecular weight is 342 g/mol. The zero-order valence-corrected chi connectivity index (χ0v) is 14.5. The third-order valence-corrected chi connectivity index (χ3v) is 4.16. The molecule has 0 heterocycles. The summed E-state index contributed by atoms with van der Waals surface area (Å²) in [6.07, 6.45) is 1.08. The van der Waals surface area contributed by atoms with Gasteiger partial charge in [0.1, 0.15) is 0 Å². The molecule has 0 radical (unpaired) electrons. The lowest BCUT2D eigenvalue weighted by molar-refractivity contribution is -0.116. The Hall–Kier alpha value is -1.93. The Bertz CT molecular complexity index is 653. The van der Waals surface area contributed by atoms with Gasteiger partial charge < -0.3 is 10.1 Å². The number of benzene rings is 1. The van der Waals surface area contributed by atoms with Crippen molar-refractivity contribution in [2.45, 2.75) is 13.8 Å². The lowest BCUT2D eigenvalue weighted by atomic mass is 10.2. The quantitative estimate of drug-likeness (QED) is 0.755. The first-order valence-corrected chi connectivity index (χ1v) is 8.91. The molecule has 1 aromatic rings.